The summed E-state index contributed by atoms with van der Waals surface area (Å²) in [7, 11) is 1.82. The Morgan fingerprint density at radius 3 is 2.37 bits per heavy atom. The fraction of sp³-hybridized carbons (Fsp3) is 0.250. The van der Waals surface area contributed by atoms with Crippen molar-refractivity contribution in [3.63, 3.8) is 0 Å². The van der Waals surface area contributed by atoms with E-state index in [0.29, 0.717) is 12.0 Å². The van der Waals surface area contributed by atoms with Gasteiger partial charge in [0.25, 0.3) is 0 Å². The first-order valence-electron chi connectivity index (χ1n) is 6.28. The van der Waals surface area contributed by atoms with Gasteiger partial charge in [-0.2, -0.15) is 0 Å². The van der Waals surface area contributed by atoms with Crippen LogP contribution >= 0.6 is 0 Å². The molecule has 2 rings (SSSR count). The molecule has 0 aromatic heterocycles. The number of halogens is 2. The van der Waals surface area contributed by atoms with Crippen molar-refractivity contribution in [2.45, 2.75) is 19.4 Å². The third-order valence-corrected chi connectivity index (χ3v) is 3.28. The smallest absolute Gasteiger partial charge is 0.162 e. The number of benzene rings is 2. The van der Waals surface area contributed by atoms with Crippen LogP contribution in [0.1, 0.15) is 22.7 Å². The van der Waals surface area contributed by atoms with E-state index < -0.39 is 11.6 Å². The highest BCUT2D eigenvalue weighted by Crippen LogP contribution is 2.21. The minimum absolute atomic E-state index is 0.0306. The van der Waals surface area contributed by atoms with Crippen molar-refractivity contribution in [2.24, 2.45) is 0 Å². The average Bonchev–Trinajstić information content (AvgIpc) is 2.42. The van der Waals surface area contributed by atoms with Gasteiger partial charge in [0.2, 0.25) is 0 Å². The lowest BCUT2D eigenvalue weighted by Crippen LogP contribution is -2.19. The third-order valence-electron chi connectivity index (χ3n) is 3.28. The van der Waals surface area contributed by atoms with Crippen LogP contribution in [0.15, 0.2) is 42.5 Å². The number of nitrogens with one attached hydrogen (secondary N) is 1. The van der Waals surface area contributed by atoms with Crippen LogP contribution in [0.3, 0.4) is 0 Å². The molecule has 100 valence electrons. The Kier molecular flexibility index (Phi) is 4.27. The molecule has 0 aliphatic carbocycles. The average molecular weight is 261 g/mol. The number of rotatable bonds is 4. The van der Waals surface area contributed by atoms with Gasteiger partial charge in [0.1, 0.15) is 0 Å². The maximum absolute atomic E-state index is 13.7. The Morgan fingerprint density at radius 2 is 1.74 bits per heavy atom. The number of hydrogen-bond acceptors (Lipinski definition) is 1. The highest BCUT2D eigenvalue weighted by atomic mass is 19.2. The van der Waals surface area contributed by atoms with E-state index in [4.69, 9.17) is 0 Å². The second kappa shape index (κ2) is 5.93. The van der Waals surface area contributed by atoms with E-state index in [9.17, 15) is 8.78 Å². The molecule has 3 heteroatoms. The molecule has 1 nitrogen and oxygen atoms in total. The van der Waals surface area contributed by atoms with Gasteiger partial charge in [0.05, 0.1) is 0 Å². The van der Waals surface area contributed by atoms with Crippen molar-refractivity contribution in [1.29, 1.82) is 0 Å². The van der Waals surface area contributed by atoms with Crippen LogP contribution in [0, 0.1) is 18.6 Å². The second-order valence-electron chi connectivity index (χ2n) is 4.67. The summed E-state index contributed by atoms with van der Waals surface area (Å²) in [6.45, 7) is 2.02. The first-order valence-corrected chi connectivity index (χ1v) is 6.28. The van der Waals surface area contributed by atoms with Gasteiger partial charge < -0.3 is 5.32 Å². The lowest BCUT2D eigenvalue weighted by molar-refractivity contribution is 0.487. The van der Waals surface area contributed by atoms with E-state index in [2.05, 4.69) is 5.32 Å². The second-order valence-corrected chi connectivity index (χ2v) is 4.67. The van der Waals surface area contributed by atoms with Crippen molar-refractivity contribution in [2.75, 3.05) is 7.05 Å². The normalized spacial score (nSPS) is 12.4. The molecule has 0 spiro atoms. The van der Waals surface area contributed by atoms with Gasteiger partial charge in [-0.3, -0.25) is 0 Å². The van der Waals surface area contributed by atoms with Crippen LogP contribution in [0.4, 0.5) is 8.78 Å². The van der Waals surface area contributed by atoms with Crippen molar-refractivity contribution in [3.05, 3.63) is 70.8 Å². The highest BCUT2D eigenvalue weighted by molar-refractivity contribution is 5.27. The zero-order valence-electron chi connectivity index (χ0n) is 11.1. The summed E-state index contributed by atoms with van der Waals surface area (Å²) in [5, 5.41) is 3.14. The van der Waals surface area contributed by atoms with Gasteiger partial charge in [-0.15, -0.1) is 0 Å². The molecule has 2 aromatic carbocycles. The van der Waals surface area contributed by atoms with Crippen LogP contribution in [0.25, 0.3) is 0 Å². The molecular formula is C16H17F2N. The van der Waals surface area contributed by atoms with E-state index >= 15 is 0 Å². The summed E-state index contributed by atoms with van der Waals surface area (Å²) in [6, 6.07) is 12.3. The van der Waals surface area contributed by atoms with Crippen LogP contribution in [0.2, 0.25) is 0 Å². The molecule has 1 N–H and O–H groups in total. The Balaban J connectivity index is 2.24. The van der Waals surface area contributed by atoms with Gasteiger partial charge in [-0.25, -0.2) is 8.78 Å². The summed E-state index contributed by atoms with van der Waals surface area (Å²) in [5.74, 6) is -1.55. The summed E-state index contributed by atoms with van der Waals surface area (Å²) in [4.78, 5) is 0. The molecule has 0 heterocycles. The fourth-order valence-corrected chi connectivity index (χ4v) is 2.11. The lowest BCUT2D eigenvalue weighted by Gasteiger charge is -2.17. The third kappa shape index (κ3) is 3.18. The lowest BCUT2D eigenvalue weighted by atomic mass is 9.98. The predicted octanol–water partition coefficient (Wildman–Crippen LogP) is 3.78. The summed E-state index contributed by atoms with van der Waals surface area (Å²) < 4.78 is 26.9. The Morgan fingerprint density at radius 1 is 1.05 bits per heavy atom. The molecule has 0 aliphatic heterocycles. The Hall–Kier alpha value is -1.74. The van der Waals surface area contributed by atoms with E-state index in [0.717, 1.165) is 11.6 Å². The molecular weight excluding hydrogens is 244 g/mol. The van der Waals surface area contributed by atoms with E-state index in [-0.39, 0.29) is 6.04 Å². The van der Waals surface area contributed by atoms with Crippen LogP contribution < -0.4 is 5.32 Å². The summed E-state index contributed by atoms with van der Waals surface area (Å²) in [6.07, 6.45) is 0.420. The molecule has 0 radical (unpaired) electrons. The molecule has 1 atom stereocenters. The van der Waals surface area contributed by atoms with Crippen molar-refractivity contribution in [1.82, 2.24) is 5.32 Å². The number of hydrogen-bond donors (Lipinski definition) is 1. The highest BCUT2D eigenvalue weighted by Gasteiger charge is 2.14. The molecule has 1 unspecified atom stereocenters. The fourth-order valence-electron chi connectivity index (χ4n) is 2.11. The Labute approximate surface area is 112 Å². The first kappa shape index (κ1) is 13.7. The molecule has 2 aromatic rings. The van der Waals surface area contributed by atoms with Crippen LogP contribution in [-0.2, 0) is 6.42 Å². The zero-order valence-corrected chi connectivity index (χ0v) is 11.1. The van der Waals surface area contributed by atoms with Gasteiger partial charge in [-0.05, 0) is 37.6 Å². The quantitative estimate of drug-likeness (QED) is 0.883. The predicted molar refractivity (Wildman–Crippen MR) is 73.0 cm³/mol. The van der Waals surface area contributed by atoms with Crippen molar-refractivity contribution >= 4 is 0 Å². The van der Waals surface area contributed by atoms with Gasteiger partial charge >= 0.3 is 0 Å². The van der Waals surface area contributed by atoms with Crippen LogP contribution in [0.5, 0.6) is 0 Å². The minimum atomic E-state index is -0.795. The standard InChI is InChI=1S/C16H17F2N/c1-11-6-8-12(9-7-11)15(19-2)10-13-4-3-5-14(17)16(13)18/h3-9,15,19H,10H2,1-2H3. The molecule has 19 heavy (non-hydrogen) atoms. The molecule has 0 amide bonds. The largest absolute Gasteiger partial charge is 0.313 e. The first-order chi connectivity index (χ1) is 9.11. The van der Waals surface area contributed by atoms with E-state index in [1.165, 1.54) is 11.6 Å². The zero-order chi connectivity index (χ0) is 13.8. The summed E-state index contributed by atoms with van der Waals surface area (Å²) in [5.41, 5.74) is 2.63. The molecule has 0 fully saturated rings. The maximum atomic E-state index is 13.7. The molecule has 0 bridgehead atoms. The van der Waals surface area contributed by atoms with Crippen molar-refractivity contribution in [3.8, 4) is 0 Å². The van der Waals surface area contributed by atoms with Gasteiger partial charge in [0.15, 0.2) is 11.6 Å². The molecule has 0 saturated heterocycles. The van der Waals surface area contributed by atoms with E-state index in [1.54, 1.807) is 6.07 Å². The monoisotopic (exact) mass is 261 g/mol. The van der Waals surface area contributed by atoms with Crippen molar-refractivity contribution < 1.29 is 8.78 Å². The number of aryl methyl sites for hydroxylation is 1. The van der Waals surface area contributed by atoms with Gasteiger partial charge in [-0.1, -0.05) is 42.0 Å². The molecule has 0 aliphatic rings. The summed E-state index contributed by atoms with van der Waals surface area (Å²) >= 11 is 0. The van der Waals surface area contributed by atoms with Gasteiger partial charge in [0, 0.05) is 6.04 Å². The topological polar surface area (TPSA) is 12.0 Å². The SMILES string of the molecule is CNC(Cc1cccc(F)c1F)c1ccc(C)cc1. The number of likely N-dealkylation sites (N-methyl/N-ethyl adjacent to an activating group) is 1. The maximum Gasteiger partial charge on any atom is 0.162 e. The minimum Gasteiger partial charge on any atom is -0.313 e. The van der Waals surface area contributed by atoms with Crippen LogP contribution in [-0.4, -0.2) is 7.05 Å². The van der Waals surface area contributed by atoms with E-state index in [1.807, 2.05) is 38.2 Å². The molecule has 0 saturated carbocycles. The Bertz CT molecular complexity index is 549.